The highest BCUT2D eigenvalue weighted by Gasteiger charge is 2.17. The van der Waals surface area contributed by atoms with Crippen LogP contribution >= 0.6 is 0 Å². The van der Waals surface area contributed by atoms with E-state index in [9.17, 15) is 0 Å². The van der Waals surface area contributed by atoms with Gasteiger partial charge in [0, 0.05) is 32.7 Å². The summed E-state index contributed by atoms with van der Waals surface area (Å²) in [5.41, 5.74) is 1.38. The van der Waals surface area contributed by atoms with Crippen molar-refractivity contribution in [3.63, 3.8) is 0 Å². The average molecular weight is 283 g/mol. The zero-order valence-electron chi connectivity index (χ0n) is 12.4. The van der Waals surface area contributed by atoms with Crippen molar-refractivity contribution < 1.29 is 4.74 Å². The van der Waals surface area contributed by atoms with Crippen LogP contribution in [0.15, 0.2) is 48.7 Å². The lowest BCUT2D eigenvalue weighted by molar-refractivity contribution is 0.249. The molecule has 1 aliphatic heterocycles. The number of hydrogen-bond acceptors (Lipinski definition) is 4. The molecule has 0 spiro atoms. The Bertz CT molecular complexity index is 548. The van der Waals surface area contributed by atoms with Gasteiger partial charge < -0.3 is 9.64 Å². The number of aromatic nitrogens is 1. The van der Waals surface area contributed by atoms with Gasteiger partial charge in [-0.2, -0.15) is 0 Å². The van der Waals surface area contributed by atoms with Crippen LogP contribution < -0.4 is 9.64 Å². The minimum Gasteiger partial charge on any atom is -0.495 e. The van der Waals surface area contributed by atoms with Gasteiger partial charge in [-0.15, -0.1) is 0 Å². The molecule has 4 nitrogen and oxygen atoms in total. The second kappa shape index (κ2) is 6.59. The van der Waals surface area contributed by atoms with E-state index in [2.05, 4.69) is 45.1 Å². The molecule has 21 heavy (non-hydrogen) atoms. The summed E-state index contributed by atoms with van der Waals surface area (Å²) in [5.74, 6) is 1.84. The number of anilines is 1. The highest BCUT2D eigenvalue weighted by Crippen LogP contribution is 2.17. The molecule has 1 aromatic heterocycles. The first-order valence-corrected chi connectivity index (χ1v) is 7.36. The van der Waals surface area contributed by atoms with Crippen LogP contribution in [0.2, 0.25) is 0 Å². The van der Waals surface area contributed by atoms with E-state index < -0.39 is 0 Å². The number of benzene rings is 1. The Kier molecular flexibility index (Phi) is 4.36. The fourth-order valence-electron chi connectivity index (χ4n) is 2.66. The molecular formula is C17H21N3O. The second-order valence-electron chi connectivity index (χ2n) is 5.31. The van der Waals surface area contributed by atoms with Gasteiger partial charge in [-0.3, -0.25) is 4.90 Å². The highest BCUT2D eigenvalue weighted by atomic mass is 16.5. The van der Waals surface area contributed by atoms with E-state index in [0.29, 0.717) is 0 Å². The van der Waals surface area contributed by atoms with Crippen molar-refractivity contribution in [1.82, 2.24) is 9.88 Å². The lowest BCUT2D eigenvalue weighted by atomic mass is 10.2. The van der Waals surface area contributed by atoms with Crippen molar-refractivity contribution in [2.45, 2.75) is 6.54 Å². The highest BCUT2D eigenvalue weighted by molar-refractivity contribution is 5.41. The summed E-state index contributed by atoms with van der Waals surface area (Å²) in [5, 5.41) is 0. The van der Waals surface area contributed by atoms with Gasteiger partial charge in [-0.05, 0) is 17.7 Å². The third-order valence-electron chi connectivity index (χ3n) is 3.90. The van der Waals surface area contributed by atoms with Crippen LogP contribution in [0.5, 0.6) is 5.75 Å². The molecule has 1 saturated heterocycles. The zero-order valence-corrected chi connectivity index (χ0v) is 12.4. The number of ether oxygens (including phenoxy) is 1. The van der Waals surface area contributed by atoms with Crippen molar-refractivity contribution in [2.24, 2.45) is 0 Å². The first-order valence-electron chi connectivity index (χ1n) is 7.36. The molecule has 0 atom stereocenters. The molecule has 110 valence electrons. The van der Waals surface area contributed by atoms with Crippen LogP contribution in [0, 0.1) is 0 Å². The predicted molar refractivity (Wildman–Crippen MR) is 84.7 cm³/mol. The number of hydrogen-bond donors (Lipinski definition) is 0. The van der Waals surface area contributed by atoms with Crippen LogP contribution in [0.25, 0.3) is 0 Å². The lowest BCUT2D eigenvalue weighted by Gasteiger charge is -2.35. The maximum Gasteiger partial charge on any atom is 0.137 e. The van der Waals surface area contributed by atoms with Crippen molar-refractivity contribution in [2.75, 3.05) is 38.2 Å². The van der Waals surface area contributed by atoms with Crippen LogP contribution in [-0.4, -0.2) is 43.2 Å². The first kappa shape index (κ1) is 13.9. The lowest BCUT2D eigenvalue weighted by Crippen LogP contribution is -2.46. The molecule has 0 saturated carbocycles. The predicted octanol–water partition coefficient (Wildman–Crippen LogP) is 2.41. The van der Waals surface area contributed by atoms with Crippen LogP contribution in [0.1, 0.15) is 5.56 Å². The quantitative estimate of drug-likeness (QED) is 0.861. The standard InChI is InChI=1S/C17H21N3O/c1-21-16-7-8-17(18-13-16)20-11-9-19(10-12-20)14-15-5-3-2-4-6-15/h2-8,13H,9-12,14H2,1H3. The van der Waals surface area contributed by atoms with Gasteiger partial charge >= 0.3 is 0 Å². The first-order chi connectivity index (χ1) is 10.3. The van der Waals surface area contributed by atoms with Crippen molar-refractivity contribution in [3.05, 3.63) is 54.2 Å². The molecule has 0 unspecified atom stereocenters. The Morgan fingerprint density at radius 3 is 2.38 bits per heavy atom. The Balaban J connectivity index is 1.54. The minimum atomic E-state index is 0.807. The molecule has 4 heteroatoms. The summed E-state index contributed by atoms with van der Waals surface area (Å²) in [6.45, 7) is 5.22. The molecule has 0 N–H and O–H groups in total. The third kappa shape index (κ3) is 3.52. The van der Waals surface area contributed by atoms with Crippen LogP contribution in [-0.2, 0) is 6.54 Å². The van der Waals surface area contributed by atoms with E-state index in [-0.39, 0.29) is 0 Å². The van der Waals surface area contributed by atoms with Gasteiger partial charge in [0.15, 0.2) is 0 Å². The maximum absolute atomic E-state index is 5.15. The summed E-state index contributed by atoms with van der Waals surface area (Å²) in [6.07, 6.45) is 1.78. The molecule has 0 radical (unpaired) electrons. The monoisotopic (exact) mass is 283 g/mol. The van der Waals surface area contributed by atoms with Crippen molar-refractivity contribution >= 4 is 5.82 Å². The molecule has 1 aromatic carbocycles. The summed E-state index contributed by atoms with van der Waals surface area (Å²) >= 11 is 0. The van der Waals surface area contributed by atoms with Gasteiger partial charge in [-0.25, -0.2) is 4.98 Å². The number of pyridine rings is 1. The maximum atomic E-state index is 5.15. The Labute approximate surface area is 126 Å². The number of rotatable bonds is 4. The Hall–Kier alpha value is -2.07. The van der Waals surface area contributed by atoms with E-state index in [0.717, 1.165) is 44.3 Å². The summed E-state index contributed by atoms with van der Waals surface area (Å²) < 4.78 is 5.15. The van der Waals surface area contributed by atoms with E-state index in [1.54, 1.807) is 13.3 Å². The zero-order chi connectivity index (χ0) is 14.5. The minimum absolute atomic E-state index is 0.807. The topological polar surface area (TPSA) is 28.6 Å². The number of nitrogens with zero attached hydrogens (tertiary/aromatic N) is 3. The van der Waals surface area contributed by atoms with E-state index in [1.807, 2.05) is 12.1 Å². The van der Waals surface area contributed by atoms with Gasteiger partial charge in [-0.1, -0.05) is 30.3 Å². The van der Waals surface area contributed by atoms with Crippen LogP contribution in [0.4, 0.5) is 5.82 Å². The van der Waals surface area contributed by atoms with Gasteiger partial charge in [0.1, 0.15) is 11.6 Å². The average Bonchev–Trinajstić information content (AvgIpc) is 2.57. The van der Waals surface area contributed by atoms with Gasteiger partial charge in [0.2, 0.25) is 0 Å². The molecule has 2 aromatic rings. The van der Waals surface area contributed by atoms with E-state index in [1.165, 1.54) is 5.56 Å². The van der Waals surface area contributed by atoms with Gasteiger partial charge in [0.05, 0.1) is 13.3 Å². The molecule has 0 amide bonds. The summed E-state index contributed by atoms with van der Waals surface area (Å²) in [4.78, 5) is 9.29. The fraction of sp³-hybridized carbons (Fsp3) is 0.353. The van der Waals surface area contributed by atoms with Gasteiger partial charge in [0.25, 0.3) is 0 Å². The molecule has 0 bridgehead atoms. The smallest absolute Gasteiger partial charge is 0.137 e. The van der Waals surface area contributed by atoms with Crippen molar-refractivity contribution in [1.29, 1.82) is 0 Å². The SMILES string of the molecule is COc1ccc(N2CCN(Cc3ccccc3)CC2)nc1. The molecular weight excluding hydrogens is 262 g/mol. The number of methoxy groups -OCH3 is 1. The fourth-order valence-corrected chi connectivity index (χ4v) is 2.66. The largest absolute Gasteiger partial charge is 0.495 e. The molecule has 1 aliphatic rings. The van der Waals surface area contributed by atoms with E-state index >= 15 is 0 Å². The third-order valence-corrected chi connectivity index (χ3v) is 3.90. The molecule has 0 aliphatic carbocycles. The van der Waals surface area contributed by atoms with Crippen LogP contribution in [0.3, 0.4) is 0 Å². The summed E-state index contributed by atoms with van der Waals surface area (Å²) in [6, 6.07) is 14.7. The normalized spacial score (nSPS) is 16.0. The Morgan fingerprint density at radius 1 is 1.00 bits per heavy atom. The van der Waals surface area contributed by atoms with Crippen molar-refractivity contribution in [3.8, 4) is 5.75 Å². The molecule has 2 heterocycles. The van der Waals surface area contributed by atoms with E-state index in [4.69, 9.17) is 4.74 Å². The summed E-state index contributed by atoms with van der Waals surface area (Å²) in [7, 11) is 1.67. The second-order valence-corrected chi connectivity index (χ2v) is 5.31. The Morgan fingerprint density at radius 2 is 1.76 bits per heavy atom. The molecule has 3 rings (SSSR count). The number of piperazine rings is 1. The molecule has 1 fully saturated rings.